The predicted octanol–water partition coefficient (Wildman–Crippen LogP) is 5.34. The Hall–Kier alpha value is -2.61. The van der Waals surface area contributed by atoms with Crippen molar-refractivity contribution < 1.29 is 24.2 Å². The van der Waals surface area contributed by atoms with Gasteiger partial charge in [-0.05, 0) is 54.2 Å². The Morgan fingerprint density at radius 2 is 1.78 bits per heavy atom. The number of carboxylic acids is 1. The fraction of sp³-hybridized carbons (Fsp3) is 0.444. The van der Waals surface area contributed by atoms with Crippen molar-refractivity contribution >= 4 is 41.0 Å². The van der Waals surface area contributed by atoms with Crippen LogP contribution in [0.4, 0.5) is 0 Å². The van der Waals surface area contributed by atoms with Crippen LogP contribution in [-0.2, 0) is 20.9 Å². The third-order valence-corrected chi connectivity index (χ3v) is 7.44. The summed E-state index contributed by atoms with van der Waals surface area (Å²) < 4.78 is 5.75. The fourth-order valence-electron chi connectivity index (χ4n) is 4.73. The minimum Gasteiger partial charge on any atom is -0.490 e. The summed E-state index contributed by atoms with van der Waals surface area (Å²) in [6.45, 7) is 1.70. The summed E-state index contributed by atoms with van der Waals surface area (Å²) in [6, 6.07) is 12.6. The number of likely N-dealkylation sites (tertiary alicyclic amines) is 1. The summed E-state index contributed by atoms with van der Waals surface area (Å²) in [7, 11) is 0. The standard InChI is InChI=1S/C27H30Cl2N2O5/c28-21-7-5-20(6-8-21)23(15-27(34)35)30(16-18-2-1-3-18)17-19-4-9-24(22(29)14-19)36-13-12-31-25(32)10-11-26(31)33/h4-9,14,18,23H,1-3,10-13,15-17H2,(H,34,35). The number of amides is 2. The Kier molecular flexibility index (Phi) is 8.88. The minimum absolute atomic E-state index is 0.0166. The zero-order chi connectivity index (χ0) is 25.7. The smallest absolute Gasteiger partial charge is 0.305 e. The lowest BCUT2D eigenvalue weighted by molar-refractivity contribution is -0.140. The molecule has 0 radical (unpaired) electrons. The quantitative estimate of drug-likeness (QED) is 0.371. The number of carbonyl (C=O) groups excluding carboxylic acids is 2. The van der Waals surface area contributed by atoms with E-state index in [9.17, 15) is 19.5 Å². The minimum atomic E-state index is -0.856. The van der Waals surface area contributed by atoms with E-state index in [0.717, 1.165) is 30.5 Å². The number of ether oxygens (including phenoxy) is 1. The average molecular weight is 533 g/mol. The molecule has 36 heavy (non-hydrogen) atoms. The molecule has 1 saturated heterocycles. The second kappa shape index (κ2) is 12.1. The largest absolute Gasteiger partial charge is 0.490 e. The fourth-order valence-corrected chi connectivity index (χ4v) is 5.11. The van der Waals surface area contributed by atoms with Crippen molar-refractivity contribution in [1.82, 2.24) is 9.80 Å². The first-order chi connectivity index (χ1) is 17.3. The number of hydrogen-bond donors (Lipinski definition) is 1. The molecule has 1 atom stereocenters. The molecule has 192 valence electrons. The van der Waals surface area contributed by atoms with Gasteiger partial charge in [-0.15, -0.1) is 0 Å². The second-order valence-corrected chi connectivity index (χ2v) is 10.3. The van der Waals surface area contributed by atoms with Crippen molar-refractivity contribution in [1.29, 1.82) is 0 Å². The Bertz CT molecular complexity index is 1090. The molecule has 1 unspecified atom stereocenters. The van der Waals surface area contributed by atoms with Crippen molar-refractivity contribution in [2.45, 2.75) is 51.1 Å². The van der Waals surface area contributed by atoms with Crippen LogP contribution in [0.3, 0.4) is 0 Å². The number of hydrogen-bond acceptors (Lipinski definition) is 5. The lowest BCUT2D eigenvalue weighted by Crippen LogP contribution is -2.36. The number of imide groups is 1. The molecule has 1 N–H and O–H groups in total. The highest BCUT2D eigenvalue weighted by Gasteiger charge is 2.29. The van der Waals surface area contributed by atoms with Crippen molar-refractivity contribution in [3.8, 4) is 5.75 Å². The van der Waals surface area contributed by atoms with E-state index in [1.807, 2.05) is 24.3 Å². The molecular formula is C27H30Cl2N2O5. The summed E-state index contributed by atoms with van der Waals surface area (Å²) in [5.41, 5.74) is 1.86. The zero-order valence-corrected chi connectivity index (χ0v) is 21.5. The zero-order valence-electron chi connectivity index (χ0n) is 20.0. The van der Waals surface area contributed by atoms with E-state index in [4.69, 9.17) is 27.9 Å². The van der Waals surface area contributed by atoms with Crippen LogP contribution in [-0.4, -0.2) is 52.4 Å². The van der Waals surface area contributed by atoms with Gasteiger partial charge in [0.05, 0.1) is 18.0 Å². The number of halogens is 2. The van der Waals surface area contributed by atoms with E-state index >= 15 is 0 Å². The molecule has 2 amide bonds. The van der Waals surface area contributed by atoms with Gasteiger partial charge in [0.1, 0.15) is 12.4 Å². The molecule has 0 spiro atoms. The monoisotopic (exact) mass is 532 g/mol. The molecule has 0 aromatic heterocycles. The lowest BCUT2D eigenvalue weighted by atomic mass is 9.84. The van der Waals surface area contributed by atoms with E-state index in [0.29, 0.717) is 28.3 Å². The topological polar surface area (TPSA) is 87.2 Å². The SMILES string of the molecule is O=C(O)CC(c1ccc(Cl)cc1)N(Cc1ccc(OCCN2C(=O)CCC2=O)c(Cl)c1)CC1CCC1. The third kappa shape index (κ3) is 6.78. The van der Waals surface area contributed by atoms with Crippen LogP contribution < -0.4 is 4.74 Å². The number of carboxylic acid groups (broad SMARTS) is 1. The van der Waals surface area contributed by atoms with Gasteiger partial charge in [0.25, 0.3) is 0 Å². The van der Waals surface area contributed by atoms with E-state index in [-0.39, 0.29) is 50.3 Å². The molecular weight excluding hydrogens is 503 g/mol. The second-order valence-electron chi connectivity index (χ2n) is 9.44. The van der Waals surface area contributed by atoms with Crippen LogP contribution in [0.2, 0.25) is 10.0 Å². The first kappa shape index (κ1) is 26.5. The first-order valence-electron chi connectivity index (χ1n) is 12.3. The Labute approximate surface area is 220 Å². The predicted molar refractivity (Wildman–Crippen MR) is 137 cm³/mol. The molecule has 2 aromatic carbocycles. The van der Waals surface area contributed by atoms with Gasteiger partial charge >= 0.3 is 5.97 Å². The van der Waals surface area contributed by atoms with Crippen LogP contribution in [0.1, 0.15) is 55.7 Å². The Morgan fingerprint density at radius 1 is 1.08 bits per heavy atom. The van der Waals surface area contributed by atoms with Gasteiger partial charge in [-0.1, -0.05) is 47.8 Å². The van der Waals surface area contributed by atoms with E-state index < -0.39 is 5.97 Å². The maximum absolute atomic E-state index is 11.8. The van der Waals surface area contributed by atoms with E-state index in [2.05, 4.69) is 4.90 Å². The van der Waals surface area contributed by atoms with Gasteiger partial charge in [-0.3, -0.25) is 24.2 Å². The first-order valence-corrected chi connectivity index (χ1v) is 13.0. The summed E-state index contributed by atoms with van der Waals surface area (Å²) in [5.74, 6) is -0.181. The van der Waals surface area contributed by atoms with Gasteiger partial charge < -0.3 is 9.84 Å². The number of benzene rings is 2. The highest BCUT2D eigenvalue weighted by Crippen LogP contribution is 2.34. The molecule has 1 aliphatic carbocycles. The summed E-state index contributed by atoms with van der Waals surface area (Å²) in [4.78, 5) is 38.7. The van der Waals surface area contributed by atoms with Gasteiger partial charge in [0.2, 0.25) is 11.8 Å². The molecule has 1 aliphatic heterocycles. The van der Waals surface area contributed by atoms with E-state index in [1.165, 1.54) is 11.3 Å². The van der Waals surface area contributed by atoms with Crippen LogP contribution in [0.25, 0.3) is 0 Å². The van der Waals surface area contributed by atoms with Gasteiger partial charge in [0.15, 0.2) is 0 Å². The summed E-state index contributed by atoms with van der Waals surface area (Å²) in [6.07, 6.45) is 3.99. The normalized spacial score (nSPS) is 16.9. The number of rotatable bonds is 12. The molecule has 1 heterocycles. The molecule has 2 aromatic rings. The number of nitrogens with zero attached hydrogens (tertiary/aromatic N) is 2. The maximum Gasteiger partial charge on any atom is 0.305 e. The highest BCUT2D eigenvalue weighted by molar-refractivity contribution is 6.32. The molecule has 0 bridgehead atoms. The molecule has 4 rings (SSSR count). The van der Waals surface area contributed by atoms with Crippen molar-refractivity contribution in [3.05, 3.63) is 63.6 Å². The Balaban J connectivity index is 1.46. The summed E-state index contributed by atoms with van der Waals surface area (Å²) in [5, 5.41) is 10.7. The molecule has 2 aliphatic rings. The number of aliphatic carboxylic acids is 1. The molecule has 9 heteroatoms. The van der Waals surface area contributed by atoms with Crippen LogP contribution >= 0.6 is 23.2 Å². The van der Waals surface area contributed by atoms with Crippen LogP contribution in [0, 0.1) is 5.92 Å². The van der Waals surface area contributed by atoms with Crippen molar-refractivity contribution in [2.24, 2.45) is 5.92 Å². The highest BCUT2D eigenvalue weighted by atomic mass is 35.5. The van der Waals surface area contributed by atoms with E-state index in [1.54, 1.807) is 18.2 Å². The van der Waals surface area contributed by atoms with Crippen LogP contribution in [0.15, 0.2) is 42.5 Å². The molecule has 1 saturated carbocycles. The Morgan fingerprint density at radius 3 is 2.36 bits per heavy atom. The average Bonchev–Trinajstić information content (AvgIpc) is 3.13. The van der Waals surface area contributed by atoms with Crippen molar-refractivity contribution in [2.75, 3.05) is 19.7 Å². The molecule has 2 fully saturated rings. The summed E-state index contributed by atoms with van der Waals surface area (Å²) >= 11 is 12.6. The molecule has 7 nitrogen and oxygen atoms in total. The van der Waals surface area contributed by atoms with Gasteiger partial charge in [-0.2, -0.15) is 0 Å². The lowest BCUT2D eigenvalue weighted by Gasteiger charge is -2.37. The van der Waals surface area contributed by atoms with Gasteiger partial charge in [-0.25, -0.2) is 0 Å². The van der Waals surface area contributed by atoms with Gasteiger partial charge in [0, 0.05) is 37.0 Å². The van der Waals surface area contributed by atoms with Crippen LogP contribution in [0.5, 0.6) is 5.75 Å². The van der Waals surface area contributed by atoms with Crippen molar-refractivity contribution in [3.63, 3.8) is 0 Å². The number of carbonyl (C=O) groups is 3. The maximum atomic E-state index is 11.8. The third-order valence-electron chi connectivity index (χ3n) is 6.89.